The summed E-state index contributed by atoms with van der Waals surface area (Å²) in [5.74, 6) is 1.38. The molecule has 3 aromatic rings. The summed E-state index contributed by atoms with van der Waals surface area (Å²) >= 11 is 0. The molecule has 7 nitrogen and oxygen atoms in total. The molecule has 2 aliphatic heterocycles. The molecular weight excluding hydrogens is 427 g/mol. The summed E-state index contributed by atoms with van der Waals surface area (Å²) in [6.07, 6.45) is -2.88. The van der Waals surface area contributed by atoms with E-state index in [9.17, 15) is 18.0 Å². The summed E-state index contributed by atoms with van der Waals surface area (Å²) in [6, 6.07) is 9.65. The van der Waals surface area contributed by atoms with E-state index in [1.54, 1.807) is 23.1 Å². The lowest BCUT2D eigenvalue weighted by Crippen LogP contribution is -2.39. The number of likely N-dealkylation sites (tertiary alicyclic amines) is 1. The van der Waals surface area contributed by atoms with Crippen molar-refractivity contribution >= 4 is 5.91 Å². The molecule has 3 heterocycles. The van der Waals surface area contributed by atoms with Gasteiger partial charge < -0.3 is 18.8 Å². The van der Waals surface area contributed by atoms with Gasteiger partial charge in [0.1, 0.15) is 0 Å². The van der Waals surface area contributed by atoms with E-state index >= 15 is 0 Å². The standard InChI is InChI=1S/C22H18F3N3O4/c23-22(24,25)16-6-3-13(4-7-16)19-26-27-20(32-19)15-2-1-9-28(11-15)21(29)14-5-8-17-18(10-14)31-12-30-17/h3-8,10,15H,1-2,9,11-12H2. The zero-order chi connectivity index (χ0) is 22.3. The van der Waals surface area contributed by atoms with E-state index in [2.05, 4.69) is 10.2 Å². The van der Waals surface area contributed by atoms with Gasteiger partial charge in [-0.25, -0.2) is 0 Å². The van der Waals surface area contributed by atoms with Gasteiger partial charge in [-0.3, -0.25) is 4.79 Å². The van der Waals surface area contributed by atoms with Crippen LogP contribution in [-0.2, 0) is 6.18 Å². The summed E-state index contributed by atoms with van der Waals surface area (Å²) in [6.45, 7) is 1.14. The third-order valence-electron chi connectivity index (χ3n) is 5.58. The maximum Gasteiger partial charge on any atom is 0.416 e. The molecule has 1 unspecified atom stereocenters. The number of hydrogen-bond acceptors (Lipinski definition) is 6. The van der Waals surface area contributed by atoms with E-state index in [0.29, 0.717) is 41.6 Å². The van der Waals surface area contributed by atoms with E-state index in [0.717, 1.165) is 25.0 Å². The number of halogens is 3. The Labute approximate surface area is 180 Å². The molecule has 0 spiro atoms. The Bertz CT molecular complexity index is 1140. The first kappa shape index (κ1) is 20.3. The average Bonchev–Trinajstić information content (AvgIpc) is 3.47. The Kier molecular flexibility index (Phi) is 4.99. The molecule has 1 aromatic heterocycles. The van der Waals surface area contributed by atoms with Gasteiger partial charge in [0.25, 0.3) is 5.91 Å². The number of alkyl halides is 3. The molecule has 0 bridgehead atoms. The lowest BCUT2D eigenvalue weighted by atomic mass is 9.97. The van der Waals surface area contributed by atoms with E-state index in [1.165, 1.54) is 12.1 Å². The zero-order valence-electron chi connectivity index (χ0n) is 16.8. The number of piperidine rings is 1. The second-order valence-corrected chi connectivity index (χ2v) is 7.68. The number of carbonyl (C=O) groups is 1. The third kappa shape index (κ3) is 3.88. The summed E-state index contributed by atoms with van der Waals surface area (Å²) in [7, 11) is 0. The van der Waals surface area contributed by atoms with Crippen LogP contribution in [-0.4, -0.2) is 40.9 Å². The molecule has 0 N–H and O–H groups in total. The Balaban J connectivity index is 1.30. The molecule has 5 rings (SSSR count). The Morgan fingerprint density at radius 1 is 1.03 bits per heavy atom. The predicted octanol–water partition coefficient (Wildman–Crippen LogP) is 4.50. The van der Waals surface area contributed by atoms with Crippen molar-refractivity contribution in [1.29, 1.82) is 0 Å². The van der Waals surface area contributed by atoms with E-state index in [1.807, 2.05) is 0 Å². The topological polar surface area (TPSA) is 77.7 Å². The van der Waals surface area contributed by atoms with Crippen molar-refractivity contribution in [2.45, 2.75) is 24.9 Å². The predicted molar refractivity (Wildman–Crippen MR) is 105 cm³/mol. The van der Waals surface area contributed by atoms with Crippen LogP contribution >= 0.6 is 0 Å². The number of aromatic nitrogens is 2. The van der Waals surface area contributed by atoms with Crippen LogP contribution in [0.3, 0.4) is 0 Å². The highest BCUT2D eigenvalue weighted by atomic mass is 19.4. The van der Waals surface area contributed by atoms with Gasteiger partial charge in [-0.2, -0.15) is 13.2 Å². The first-order chi connectivity index (χ1) is 15.4. The van der Waals surface area contributed by atoms with Gasteiger partial charge in [-0.05, 0) is 55.3 Å². The van der Waals surface area contributed by atoms with Gasteiger partial charge in [-0.15, -0.1) is 10.2 Å². The summed E-state index contributed by atoms with van der Waals surface area (Å²) in [5, 5.41) is 8.08. The number of rotatable bonds is 3. The Morgan fingerprint density at radius 3 is 2.59 bits per heavy atom. The number of fused-ring (bicyclic) bond motifs is 1. The normalized spacial score (nSPS) is 18.1. The van der Waals surface area contributed by atoms with Crippen molar-refractivity contribution < 1.29 is 31.9 Å². The van der Waals surface area contributed by atoms with Crippen molar-refractivity contribution in [3.8, 4) is 23.0 Å². The van der Waals surface area contributed by atoms with Gasteiger partial charge in [-0.1, -0.05) is 0 Å². The van der Waals surface area contributed by atoms with Crippen LogP contribution in [0.5, 0.6) is 11.5 Å². The van der Waals surface area contributed by atoms with Crippen LogP contribution in [0.1, 0.15) is 40.6 Å². The molecule has 32 heavy (non-hydrogen) atoms. The van der Waals surface area contributed by atoms with Crippen LogP contribution in [0.4, 0.5) is 13.2 Å². The molecule has 1 amide bonds. The van der Waals surface area contributed by atoms with E-state index in [-0.39, 0.29) is 24.5 Å². The highest BCUT2D eigenvalue weighted by Gasteiger charge is 2.31. The lowest BCUT2D eigenvalue weighted by molar-refractivity contribution is -0.137. The highest BCUT2D eigenvalue weighted by Crippen LogP contribution is 2.35. The molecule has 2 aliphatic rings. The molecule has 1 fully saturated rings. The molecule has 10 heteroatoms. The van der Waals surface area contributed by atoms with Crippen molar-refractivity contribution in [2.75, 3.05) is 19.9 Å². The molecule has 0 saturated carbocycles. The first-order valence-corrected chi connectivity index (χ1v) is 10.1. The van der Waals surface area contributed by atoms with Gasteiger partial charge in [0.2, 0.25) is 18.6 Å². The number of amides is 1. The molecule has 1 saturated heterocycles. The largest absolute Gasteiger partial charge is 0.454 e. The number of ether oxygens (including phenoxy) is 2. The zero-order valence-corrected chi connectivity index (χ0v) is 16.8. The van der Waals surface area contributed by atoms with Crippen molar-refractivity contribution in [3.05, 3.63) is 59.5 Å². The van der Waals surface area contributed by atoms with Crippen molar-refractivity contribution in [2.24, 2.45) is 0 Å². The van der Waals surface area contributed by atoms with Gasteiger partial charge in [0.15, 0.2) is 11.5 Å². The second kappa shape index (κ2) is 7.85. The fourth-order valence-corrected chi connectivity index (χ4v) is 3.89. The molecule has 1 atom stereocenters. The molecular formula is C22H18F3N3O4. The van der Waals surface area contributed by atoms with Crippen LogP contribution in [0.15, 0.2) is 46.9 Å². The lowest BCUT2D eigenvalue weighted by Gasteiger charge is -2.31. The minimum absolute atomic E-state index is 0.129. The highest BCUT2D eigenvalue weighted by molar-refractivity contribution is 5.95. The van der Waals surface area contributed by atoms with Gasteiger partial charge in [0.05, 0.1) is 11.5 Å². The monoisotopic (exact) mass is 445 g/mol. The summed E-state index contributed by atoms with van der Waals surface area (Å²) in [5.41, 5.74) is 0.165. The molecule has 0 aliphatic carbocycles. The number of carbonyl (C=O) groups excluding carboxylic acids is 1. The number of benzene rings is 2. The number of hydrogen-bond donors (Lipinski definition) is 0. The van der Waals surface area contributed by atoms with Crippen molar-refractivity contribution in [3.63, 3.8) is 0 Å². The van der Waals surface area contributed by atoms with Crippen LogP contribution in [0.2, 0.25) is 0 Å². The average molecular weight is 445 g/mol. The third-order valence-corrected chi connectivity index (χ3v) is 5.58. The van der Waals surface area contributed by atoms with Crippen LogP contribution < -0.4 is 9.47 Å². The van der Waals surface area contributed by atoms with E-state index in [4.69, 9.17) is 13.9 Å². The molecule has 166 valence electrons. The van der Waals surface area contributed by atoms with E-state index < -0.39 is 11.7 Å². The fourth-order valence-electron chi connectivity index (χ4n) is 3.89. The first-order valence-electron chi connectivity index (χ1n) is 10.1. The van der Waals surface area contributed by atoms with Crippen molar-refractivity contribution in [1.82, 2.24) is 15.1 Å². The minimum Gasteiger partial charge on any atom is -0.454 e. The molecule has 0 radical (unpaired) electrons. The minimum atomic E-state index is -4.41. The van der Waals surface area contributed by atoms with Gasteiger partial charge in [0, 0.05) is 24.2 Å². The summed E-state index contributed by atoms with van der Waals surface area (Å²) in [4.78, 5) is 14.7. The quantitative estimate of drug-likeness (QED) is 0.591. The Morgan fingerprint density at radius 2 is 1.81 bits per heavy atom. The van der Waals surface area contributed by atoms with Crippen LogP contribution in [0, 0.1) is 0 Å². The maximum absolute atomic E-state index is 13.0. The molecule has 2 aromatic carbocycles. The van der Waals surface area contributed by atoms with Gasteiger partial charge >= 0.3 is 6.18 Å². The summed E-state index contributed by atoms with van der Waals surface area (Å²) < 4.78 is 54.7. The van der Waals surface area contributed by atoms with Crippen LogP contribution in [0.25, 0.3) is 11.5 Å². The number of nitrogens with zero attached hydrogens (tertiary/aromatic N) is 3. The Hall–Kier alpha value is -3.56. The SMILES string of the molecule is O=C(c1ccc2c(c1)OCO2)N1CCCC(c2nnc(-c3ccc(C(F)(F)F)cc3)o2)C1. The fraction of sp³-hybridized carbons (Fsp3) is 0.318. The second-order valence-electron chi connectivity index (χ2n) is 7.68. The maximum atomic E-state index is 13.0. The smallest absolute Gasteiger partial charge is 0.416 e.